The van der Waals surface area contributed by atoms with Crippen LogP contribution in [0.15, 0.2) is 30.5 Å². The van der Waals surface area contributed by atoms with Gasteiger partial charge >= 0.3 is 0 Å². The summed E-state index contributed by atoms with van der Waals surface area (Å²) in [6.07, 6.45) is 3.47. The molecule has 2 heterocycles. The first-order chi connectivity index (χ1) is 11.6. The van der Waals surface area contributed by atoms with Crippen LogP contribution in [0.3, 0.4) is 0 Å². The Balaban J connectivity index is 1.52. The molecule has 0 bridgehead atoms. The van der Waals surface area contributed by atoms with Crippen LogP contribution in [0.1, 0.15) is 25.5 Å². The van der Waals surface area contributed by atoms with Gasteiger partial charge in [0.1, 0.15) is 11.9 Å². The fraction of sp³-hybridized carbons (Fsp3) is 0.444. The van der Waals surface area contributed by atoms with E-state index in [1.54, 1.807) is 13.1 Å². The number of rotatable bonds is 6. The molecule has 1 aromatic carbocycles. The van der Waals surface area contributed by atoms with E-state index in [-0.39, 0.29) is 12.0 Å². The predicted molar refractivity (Wildman–Crippen MR) is 91.8 cm³/mol. The third kappa shape index (κ3) is 4.21. The van der Waals surface area contributed by atoms with Crippen LogP contribution in [-0.4, -0.2) is 41.3 Å². The molecule has 0 aliphatic carbocycles. The summed E-state index contributed by atoms with van der Waals surface area (Å²) >= 11 is 0. The van der Waals surface area contributed by atoms with E-state index in [0.29, 0.717) is 6.61 Å². The van der Waals surface area contributed by atoms with Gasteiger partial charge in [0.15, 0.2) is 0 Å². The number of ether oxygens (including phenoxy) is 2. The summed E-state index contributed by atoms with van der Waals surface area (Å²) in [4.78, 5) is 19.7. The monoisotopic (exact) mass is 329 g/mol. The van der Waals surface area contributed by atoms with E-state index >= 15 is 0 Å². The molecule has 0 saturated carbocycles. The third-order valence-corrected chi connectivity index (χ3v) is 4.05. The maximum absolute atomic E-state index is 12.2. The SMILES string of the molecule is Cc1cnc(-c2ccc(NC(=O)C(C)OCC3CCCO3)cc2)[nH]1. The molecule has 6 nitrogen and oxygen atoms in total. The average molecular weight is 329 g/mol. The largest absolute Gasteiger partial charge is 0.376 e. The number of H-pyrrole nitrogens is 1. The van der Waals surface area contributed by atoms with Crippen LogP contribution >= 0.6 is 0 Å². The molecule has 24 heavy (non-hydrogen) atoms. The minimum Gasteiger partial charge on any atom is -0.376 e. The number of anilines is 1. The molecular formula is C18H23N3O3. The molecule has 1 aliphatic rings. The van der Waals surface area contributed by atoms with E-state index in [2.05, 4.69) is 15.3 Å². The van der Waals surface area contributed by atoms with Gasteiger partial charge < -0.3 is 19.8 Å². The number of carbonyl (C=O) groups excluding carboxylic acids is 1. The maximum atomic E-state index is 12.2. The lowest BCUT2D eigenvalue weighted by molar-refractivity contribution is -0.128. The molecule has 6 heteroatoms. The standard InChI is InChI=1S/C18H23N3O3/c1-12-10-19-17(20-12)14-5-7-15(8-6-14)21-18(22)13(2)24-11-16-4-3-9-23-16/h5-8,10,13,16H,3-4,9,11H2,1-2H3,(H,19,20)(H,21,22). The van der Waals surface area contributed by atoms with Crippen molar-refractivity contribution in [2.45, 2.75) is 38.9 Å². The van der Waals surface area contributed by atoms with Gasteiger partial charge in [0.05, 0.1) is 12.7 Å². The van der Waals surface area contributed by atoms with Crippen molar-refractivity contribution in [3.8, 4) is 11.4 Å². The van der Waals surface area contributed by atoms with Gasteiger partial charge in [0, 0.05) is 29.7 Å². The van der Waals surface area contributed by atoms with E-state index in [1.807, 2.05) is 31.2 Å². The van der Waals surface area contributed by atoms with Crippen LogP contribution in [0.25, 0.3) is 11.4 Å². The van der Waals surface area contributed by atoms with Gasteiger partial charge in [-0.05, 0) is 51.0 Å². The van der Waals surface area contributed by atoms with Crippen LogP contribution < -0.4 is 5.32 Å². The molecule has 2 aromatic rings. The molecule has 1 saturated heterocycles. The van der Waals surface area contributed by atoms with Crippen LogP contribution in [-0.2, 0) is 14.3 Å². The van der Waals surface area contributed by atoms with Crippen molar-refractivity contribution in [3.63, 3.8) is 0 Å². The van der Waals surface area contributed by atoms with Gasteiger partial charge in [-0.15, -0.1) is 0 Å². The summed E-state index contributed by atoms with van der Waals surface area (Å²) < 4.78 is 11.1. The Labute approximate surface area is 141 Å². The number of benzene rings is 1. The normalized spacial score (nSPS) is 18.5. The molecule has 3 rings (SSSR count). The second-order valence-corrected chi connectivity index (χ2v) is 6.09. The summed E-state index contributed by atoms with van der Waals surface area (Å²) in [5.41, 5.74) is 2.72. The lowest BCUT2D eigenvalue weighted by Gasteiger charge is -2.16. The molecule has 1 amide bonds. The van der Waals surface area contributed by atoms with Gasteiger partial charge in [-0.25, -0.2) is 4.98 Å². The van der Waals surface area contributed by atoms with Crippen molar-refractivity contribution < 1.29 is 14.3 Å². The maximum Gasteiger partial charge on any atom is 0.253 e. The van der Waals surface area contributed by atoms with Crippen molar-refractivity contribution in [3.05, 3.63) is 36.2 Å². The Hall–Kier alpha value is -2.18. The number of carbonyl (C=O) groups is 1. The first-order valence-electron chi connectivity index (χ1n) is 8.28. The van der Waals surface area contributed by atoms with Crippen LogP contribution in [0.5, 0.6) is 0 Å². The number of aromatic nitrogens is 2. The molecular weight excluding hydrogens is 306 g/mol. The van der Waals surface area contributed by atoms with Gasteiger partial charge in [0.25, 0.3) is 5.91 Å². The summed E-state index contributed by atoms with van der Waals surface area (Å²) in [7, 11) is 0. The molecule has 1 aromatic heterocycles. The van der Waals surface area contributed by atoms with Crippen molar-refractivity contribution >= 4 is 11.6 Å². The number of nitrogens with one attached hydrogen (secondary N) is 2. The molecule has 1 fully saturated rings. The molecule has 2 atom stereocenters. The molecule has 0 radical (unpaired) electrons. The zero-order valence-corrected chi connectivity index (χ0v) is 14.0. The highest BCUT2D eigenvalue weighted by Gasteiger charge is 2.20. The summed E-state index contributed by atoms with van der Waals surface area (Å²) in [5, 5.41) is 2.87. The topological polar surface area (TPSA) is 76.2 Å². The van der Waals surface area contributed by atoms with Crippen LogP contribution in [0, 0.1) is 6.92 Å². The zero-order valence-electron chi connectivity index (χ0n) is 14.0. The minimum atomic E-state index is -0.512. The van der Waals surface area contributed by atoms with Crippen molar-refractivity contribution in [2.75, 3.05) is 18.5 Å². The fourth-order valence-electron chi connectivity index (χ4n) is 2.62. The Morgan fingerprint density at radius 1 is 1.46 bits per heavy atom. The number of nitrogens with zero attached hydrogens (tertiary/aromatic N) is 1. The van der Waals surface area contributed by atoms with E-state index in [0.717, 1.165) is 42.2 Å². The second-order valence-electron chi connectivity index (χ2n) is 6.09. The van der Waals surface area contributed by atoms with Gasteiger partial charge in [0.2, 0.25) is 0 Å². The third-order valence-electron chi connectivity index (χ3n) is 4.05. The molecule has 128 valence electrons. The number of imidazole rings is 1. The van der Waals surface area contributed by atoms with Crippen LogP contribution in [0.2, 0.25) is 0 Å². The molecule has 2 N–H and O–H groups in total. The molecule has 1 aliphatic heterocycles. The summed E-state index contributed by atoms with van der Waals surface area (Å²) in [6, 6.07) is 7.56. The van der Waals surface area contributed by atoms with Crippen molar-refractivity contribution in [2.24, 2.45) is 0 Å². The van der Waals surface area contributed by atoms with Crippen LogP contribution in [0.4, 0.5) is 5.69 Å². The second kappa shape index (κ2) is 7.59. The lowest BCUT2D eigenvalue weighted by atomic mass is 10.2. The number of aromatic amines is 1. The highest BCUT2D eigenvalue weighted by atomic mass is 16.5. The average Bonchev–Trinajstić information content (AvgIpc) is 3.25. The van der Waals surface area contributed by atoms with E-state index in [4.69, 9.17) is 9.47 Å². The fourth-order valence-corrected chi connectivity index (χ4v) is 2.62. The zero-order chi connectivity index (χ0) is 16.9. The van der Waals surface area contributed by atoms with Gasteiger partial charge in [-0.2, -0.15) is 0 Å². The molecule has 0 spiro atoms. The van der Waals surface area contributed by atoms with E-state index < -0.39 is 6.10 Å². The molecule has 2 unspecified atom stereocenters. The predicted octanol–water partition coefficient (Wildman–Crippen LogP) is 2.91. The highest BCUT2D eigenvalue weighted by molar-refractivity contribution is 5.94. The Kier molecular flexibility index (Phi) is 5.27. The lowest BCUT2D eigenvalue weighted by Crippen LogP contribution is -2.30. The Morgan fingerprint density at radius 2 is 2.25 bits per heavy atom. The number of hydrogen-bond donors (Lipinski definition) is 2. The van der Waals surface area contributed by atoms with E-state index in [1.165, 1.54) is 0 Å². The number of hydrogen-bond acceptors (Lipinski definition) is 4. The first-order valence-corrected chi connectivity index (χ1v) is 8.28. The Bertz CT molecular complexity index is 675. The summed E-state index contributed by atoms with van der Waals surface area (Å²) in [6.45, 7) is 4.97. The van der Waals surface area contributed by atoms with Gasteiger partial charge in [-0.1, -0.05) is 0 Å². The highest BCUT2D eigenvalue weighted by Crippen LogP contribution is 2.19. The van der Waals surface area contributed by atoms with Crippen molar-refractivity contribution in [1.29, 1.82) is 0 Å². The van der Waals surface area contributed by atoms with Gasteiger partial charge in [-0.3, -0.25) is 4.79 Å². The Morgan fingerprint density at radius 3 is 2.88 bits per heavy atom. The quantitative estimate of drug-likeness (QED) is 0.854. The minimum absolute atomic E-state index is 0.122. The number of aryl methyl sites for hydroxylation is 1. The smallest absolute Gasteiger partial charge is 0.253 e. The number of amides is 1. The van der Waals surface area contributed by atoms with Crippen molar-refractivity contribution in [1.82, 2.24) is 9.97 Å². The summed E-state index contributed by atoms with van der Waals surface area (Å²) in [5.74, 6) is 0.660. The van der Waals surface area contributed by atoms with E-state index in [9.17, 15) is 4.79 Å². The first kappa shape index (κ1) is 16.7.